The van der Waals surface area contributed by atoms with Crippen LogP contribution in [-0.4, -0.2) is 41.8 Å². The number of hydrogen-bond acceptors (Lipinski definition) is 3. The largest absolute Gasteiger partial charge is 0.290 e. The fraction of sp³-hybridized carbons (Fsp3) is 0.833. The maximum absolute atomic E-state index is 10.7. The maximum Gasteiger partial charge on any atom is 0.246 e. The van der Waals surface area contributed by atoms with Crippen LogP contribution < -0.4 is 0 Å². The molecule has 0 aromatic heterocycles. The highest BCUT2D eigenvalue weighted by molar-refractivity contribution is 5.74. The number of rotatable bonds is 3. The van der Waals surface area contributed by atoms with Gasteiger partial charge < -0.3 is 0 Å². The zero-order valence-electron chi connectivity index (χ0n) is 6.66. The van der Waals surface area contributed by atoms with Crippen LogP contribution in [0.5, 0.6) is 0 Å². The number of hydroxylamine groups is 2. The highest BCUT2D eigenvalue weighted by atomic mass is 16.5. The second kappa shape index (κ2) is 4.24. The molecule has 0 bridgehead atoms. The van der Waals surface area contributed by atoms with Gasteiger partial charge in [-0.1, -0.05) is 6.92 Å². The minimum absolute atomic E-state index is 0.256. The molecule has 0 fully saturated rings. The molecular weight excluding hydrogens is 132 g/mol. The van der Waals surface area contributed by atoms with Crippen LogP contribution in [0.25, 0.3) is 0 Å². The Morgan fingerprint density at radius 3 is 2.30 bits per heavy atom. The molecule has 0 saturated heterocycles. The van der Waals surface area contributed by atoms with Crippen LogP contribution in [0.1, 0.15) is 13.3 Å². The molecule has 0 aliphatic rings. The van der Waals surface area contributed by atoms with E-state index in [0.717, 1.165) is 0 Å². The van der Waals surface area contributed by atoms with Crippen LogP contribution in [0, 0.1) is 0 Å². The second-order valence-electron chi connectivity index (χ2n) is 2.37. The first-order chi connectivity index (χ1) is 4.57. The molecule has 1 N–H and O–H groups in total. The van der Waals surface area contributed by atoms with Gasteiger partial charge >= 0.3 is 0 Å². The third-order valence-corrected chi connectivity index (χ3v) is 1.01. The molecule has 0 radical (unpaired) electrons. The lowest BCUT2D eigenvalue weighted by Crippen LogP contribution is -2.35. The van der Waals surface area contributed by atoms with E-state index >= 15 is 0 Å². The maximum atomic E-state index is 10.7. The monoisotopic (exact) mass is 146 g/mol. The Labute approximate surface area is 61.0 Å². The number of carbonyl (C=O) groups is 1. The van der Waals surface area contributed by atoms with Gasteiger partial charge in [0.2, 0.25) is 5.91 Å². The molecule has 0 saturated carbocycles. The lowest BCUT2D eigenvalue weighted by atomic mass is 10.4. The summed E-state index contributed by atoms with van der Waals surface area (Å²) in [6, 6.07) is 0. The van der Waals surface area contributed by atoms with Crippen LogP contribution in [0.15, 0.2) is 0 Å². The second-order valence-corrected chi connectivity index (χ2v) is 2.37. The average Bonchev–Trinajstić information content (AvgIpc) is 1.85. The molecule has 0 heterocycles. The van der Waals surface area contributed by atoms with Gasteiger partial charge in [-0.25, -0.2) is 5.06 Å². The zero-order chi connectivity index (χ0) is 8.15. The van der Waals surface area contributed by atoms with Crippen molar-refractivity contribution in [1.29, 1.82) is 0 Å². The van der Waals surface area contributed by atoms with Gasteiger partial charge in [0.05, 0.1) is 6.67 Å². The van der Waals surface area contributed by atoms with E-state index in [1.165, 1.54) is 0 Å². The van der Waals surface area contributed by atoms with Gasteiger partial charge in [-0.2, -0.15) is 0 Å². The highest BCUT2D eigenvalue weighted by Gasteiger charge is 2.07. The molecule has 0 aliphatic carbocycles. The van der Waals surface area contributed by atoms with E-state index in [-0.39, 0.29) is 12.6 Å². The van der Waals surface area contributed by atoms with E-state index in [2.05, 4.69) is 0 Å². The predicted molar refractivity (Wildman–Crippen MR) is 37.5 cm³/mol. The fourth-order valence-corrected chi connectivity index (χ4v) is 0.529. The van der Waals surface area contributed by atoms with Crippen LogP contribution in [0.3, 0.4) is 0 Å². The summed E-state index contributed by atoms with van der Waals surface area (Å²) in [6.07, 6.45) is 0.338. The SMILES string of the molecule is CCC(=O)N(O)CN(C)C. The van der Waals surface area contributed by atoms with Crippen molar-refractivity contribution in [3.8, 4) is 0 Å². The van der Waals surface area contributed by atoms with Crippen molar-refractivity contribution < 1.29 is 10.0 Å². The topological polar surface area (TPSA) is 43.8 Å². The molecule has 0 aromatic rings. The molecule has 60 valence electrons. The first-order valence-corrected chi connectivity index (χ1v) is 3.22. The fourth-order valence-electron chi connectivity index (χ4n) is 0.529. The molecule has 10 heavy (non-hydrogen) atoms. The molecule has 0 atom stereocenters. The average molecular weight is 146 g/mol. The van der Waals surface area contributed by atoms with Gasteiger partial charge in [-0.15, -0.1) is 0 Å². The first kappa shape index (κ1) is 9.39. The van der Waals surface area contributed by atoms with E-state index in [4.69, 9.17) is 5.21 Å². The van der Waals surface area contributed by atoms with Crippen LogP contribution in [-0.2, 0) is 4.79 Å². The molecule has 4 nitrogen and oxygen atoms in total. The van der Waals surface area contributed by atoms with Gasteiger partial charge in [0, 0.05) is 6.42 Å². The Morgan fingerprint density at radius 1 is 1.50 bits per heavy atom. The number of amides is 1. The lowest BCUT2D eigenvalue weighted by molar-refractivity contribution is -0.172. The van der Waals surface area contributed by atoms with Gasteiger partial charge in [0.25, 0.3) is 0 Å². The normalized spacial score (nSPS) is 10.1. The summed E-state index contributed by atoms with van der Waals surface area (Å²) in [6.45, 7) is 1.97. The van der Waals surface area contributed by atoms with Crippen molar-refractivity contribution in [3.63, 3.8) is 0 Å². The summed E-state index contributed by atoms with van der Waals surface area (Å²) in [5.74, 6) is -0.256. The van der Waals surface area contributed by atoms with Crippen LogP contribution in [0.2, 0.25) is 0 Å². The molecule has 0 rings (SSSR count). The Hall–Kier alpha value is -0.610. The summed E-state index contributed by atoms with van der Waals surface area (Å²) in [4.78, 5) is 12.4. The summed E-state index contributed by atoms with van der Waals surface area (Å²) in [7, 11) is 3.57. The minimum atomic E-state index is -0.256. The molecule has 1 amide bonds. The molecule has 0 unspecified atom stereocenters. The molecule has 4 heteroatoms. The summed E-state index contributed by atoms with van der Waals surface area (Å²) in [5, 5.41) is 9.64. The van der Waals surface area contributed by atoms with Crippen molar-refractivity contribution in [2.75, 3.05) is 20.8 Å². The highest BCUT2D eigenvalue weighted by Crippen LogP contribution is 1.88. The third-order valence-electron chi connectivity index (χ3n) is 1.01. The van der Waals surface area contributed by atoms with E-state index in [0.29, 0.717) is 11.5 Å². The van der Waals surface area contributed by atoms with E-state index < -0.39 is 0 Å². The van der Waals surface area contributed by atoms with Gasteiger partial charge in [0.1, 0.15) is 0 Å². The van der Waals surface area contributed by atoms with E-state index in [9.17, 15) is 4.79 Å². The van der Waals surface area contributed by atoms with Gasteiger partial charge in [-0.05, 0) is 14.1 Å². The number of hydrogen-bond donors (Lipinski definition) is 1. The smallest absolute Gasteiger partial charge is 0.246 e. The lowest BCUT2D eigenvalue weighted by Gasteiger charge is -2.18. The van der Waals surface area contributed by atoms with Crippen molar-refractivity contribution in [1.82, 2.24) is 9.96 Å². The standard InChI is InChI=1S/C6H14N2O2/c1-4-6(9)8(10)5-7(2)3/h10H,4-5H2,1-3H3. The number of nitrogens with zero attached hydrogens (tertiary/aromatic N) is 2. The number of carbonyl (C=O) groups excluding carboxylic acids is 1. The third kappa shape index (κ3) is 3.42. The summed E-state index contributed by atoms with van der Waals surface area (Å²) in [5.41, 5.74) is 0. The Balaban J connectivity index is 3.61. The van der Waals surface area contributed by atoms with Crippen molar-refractivity contribution in [2.45, 2.75) is 13.3 Å². The van der Waals surface area contributed by atoms with E-state index in [1.807, 2.05) is 0 Å². The van der Waals surface area contributed by atoms with Crippen LogP contribution >= 0.6 is 0 Å². The van der Waals surface area contributed by atoms with Gasteiger partial charge in [0.15, 0.2) is 0 Å². The van der Waals surface area contributed by atoms with Crippen molar-refractivity contribution in [2.24, 2.45) is 0 Å². The molecule has 0 aromatic carbocycles. The molecular formula is C6H14N2O2. The molecule has 0 spiro atoms. The Bertz CT molecular complexity index is 114. The summed E-state index contributed by atoms with van der Waals surface area (Å²) < 4.78 is 0. The van der Waals surface area contributed by atoms with Crippen LogP contribution in [0.4, 0.5) is 0 Å². The minimum Gasteiger partial charge on any atom is -0.290 e. The van der Waals surface area contributed by atoms with Gasteiger partial charge in [-0.3, -0.25) is 14.9 Å². The first-order valence-electron chi connectivity index (χ1n) is 3.22. The molecule has 0 aliphatic heterocycles. The van der Waals surface area contributed by atoms with E-state index in [1.54, 1.807) is 25.9 Å². The quantitative estimate of drug-likeness (QED) is 0.350. The predicted octanol–water partition coefficient (Wildman–Crippen LogP) is 0.133. The Kier molecular flexibility index (Phi) is 3.99. The summed E-state index contributed by atoms with van der Waals surface area (Å²) >= 11 is 0. The zero-order valence-corrected chi connectivity index (χ0v) is 6.66. The van der Waals surface area contributed by atoms with Crippen molar-refractivity contribution >= 4 is 5.91 Å². The van der Waals surface area contributed by atoms with Crippen molar-refractivity contribution in [3.05, 3.63) is 0 Å². The Morgan fingerprint density at radius 2 is 2.00 bits per heavy atom.